The summed E-state index contributed by atoms with van der Waals surface area (Å²) in [6, 6.07) is 1.83. The molecule has 2 N–H and O–H groups in total. The minimum absolute atomic E-state index is 0.324. The van der Waals surface area contributed by atoms with Crippen LogP contribution in [0.1, 0.15) is 45.0 Å². The average Bonchev–Trinajstić information content (AvgIpc) is 2.39. The van der Waals surface area contributed by atoms with Gasteiger partial charge in [-0.1, -0.05) is 38.9 Å². The summed E-state index contributed by atoms with van der Waals surface area (Å²) in [5.74, 6) is 1.40. The fraction of sp³-hybridized carbons (Fsp3) is 0.643. The van der Waals surface area contributed by atoms with Gasteiger partial charge in [-0.15, -0.1) is 0 Å². The molecule has 1 aromatic rings. The van der Waals surface area contributed by atoms with Crippen LogP contribution in [0.4, 0.5) is 5.95 Å². The summed E-state index contributed by atoms with van der Waals surface area (Å²) in [5, 5.41) is 0. The Morgan fingerprint density at radius 3 is 2.42 bits per heavy atom. The maximum Gasteiger partial charge on any atom is 0.226 e. The van der Waals surface area contributed by atoms with Gasteiger partial charge >= 0.3 is 0 Å². The fourth-order valence-electron chi connectivity index (χ4n) is 2.03. The predicted octanol–water partition coefficient (Wildman–Crippen LogP) is 2.68. The van der Waals surface area contributed by atoms with Crippen LogP contribution in [0.15, 0.2) is 6.07 Å². The molecular weight excluding hydrogens is 256 g/mol. The number of rotatable bonds is 7. The highest BCUT2D eigenvalue weighted by Crippen LogP contribution is 2.16. The number of nitrogens with two attached hydrogens (primary N) is 1. The van der Waals surface area contributed by atoms with Gasteiger partial charge in [0.25, 0.3) is 0 Å². The maximum absolute atomic E-state index is 5.67. The summed E-state index contributed by atoms with van der Waals surface area (Å²) in [7, 11) is 0. The van der Waals surface area contributed by atoms with E-state index in [4.69, 9.17) is 18.0 Å². The van der Waals surface area contributed by atoms with Crippen LogP contribution in [-0.2, 0) is 0 Å². The van der Waals surface area contributed by atoms with Crippen LogP contribution >= 0.6 is 12.2 Å². The third-order valence-electron chi connectivity index (χ3n) is 3.39. The number of aryl methyl sites for hydroxylation is 1. The normalized spacial score (nSPS) is 10.8. The zero-order valence-electron chi connectivity index (χ0n) is 12.3. The molecule has 0 aliphatic rings. The predicted molar refractivity (Wildman–Crippen MR) is 84.6 cm³/mol. The Morgan fingerprint density at radius 2 is 1.95 bits per heavy atom. The topological polar surface area (TPSA) is 55.0 Å². The van der Waals surface area contributed by atoms with Crippen LogP contribution in [-0.4, -0.2) is 28.0 Å². The van der Waals surface area contributed by atoms with Crippen molar-refractivity contribution in [1.82, 2.24) is 9.97 Å². The SMILES string of the molecule is CCC(CC)CN(CC)c1nc(C)cc(C(N)=S)n1. The van der Waals surface area contributed by atoms with E-state index in [1.165, 1.54) is 12.8 Å². The van der Waals surface area contributed by atoms with E-state index in [0.29, 0.717) is 16.6 Å². The molecule has 1 heterocycles. The van der Waals surface area contributed by atoms with Crippen molar-refractivity contribution in [1.29, 1.82) is 0 Å². The van der Waals surface area contributed by atoms with Gasteiger partial charge in [-0.05, 0) is 25.8 Å². The van der Waals surface area contributed by atoms with Crippen LogP contribution in [0.25, 0.3) is 0 Å². The molecule has 0 unspecified atom stereocenters. The monoisotopic (exact) mass is 280 g/mol. The van der Waals surface area contributed by atoms with Crippen LogP contribution in [0, 0.1) is 12.8 Å². The highest BCUT2D eigenvalue weighted by molar-refractivity contribution is 7.80. The highest BCUT2D eigenvalue weighted by Gasteiger charge is 2.14. The van der Waals surface area contributed by atoms with Gasteiger partial charge in [0.05, 0.1) is 0 Å². The molecule has 0 spiro atoms. The van der Waals surface area contributed by atoms with E-state index in [1.54, 1.807) is 0 Å². The minimum atomic E-state index is 0.324. The Hall–Kier alpha value is -1.23. The van der Waals surface area contributed by atoms with Crippen molar-refractivity contribution in [3.05, 3.63) is 17.5 Å². The zero-order valence-corrected chi connectivity index (χ0v) is 13.1. The Morgan fingerprint density at radius 1 is 1.32 bits per heavy atom. The van der Waals surface area contributed by atoms with Gasteiger partial charge in [0.1, 0.15) is 10.7 Å². The molecule has 0 radical (unpaired) electrons. The van der Waals surface area contributed by atoms with Gasteiger partial charge in [-0.3, -0.25) is 0 Å². The van der Waals surface area contributed by atoms with Gasteiger partial charge in [-0.2, -0.15) is 0 Å². The van der Waals surface area contributed by atoms with Crippen LogP contribution in [0.2, 0.25) is 0 Å². The molecule has 4 nitrogen and oxygen atoms in total. The van der Waals surface area contributed by atoms with E-state index in [-0.39, 0.29) is 0 Å². The largest absolute Gasteiger partial charge is 0.388 e. The first kappa shape index (κ1) is 15.8. The molecule has 0 saturated heterocycles. The lowest BCUT2D eigenvalue weighted by Crippen LogP contribution is -2.31. The van der Waals surface area contributed by atoms with Crippen molar-refractivity contribution in [2.24, 2.45) is 11.7 Å². The summed E-state index contributed by atoms with van der Waals surface area (Å²) >= 11 is 5.01. The van der Waals surface area contributed by atoms with Gasteiger partial charge < -0.3 is 10.6 Å². The van der Waals surface area contributed by atoms with Crippen LogP contribution in [0.3, 0.4) is 0 Å². The smallest absolute Gasteiger partial charge is 0.226 e. The first-order chi connectivity index (χ1) is 9.01. The first-order valence-electron chi connectivity index (χ1n) is 6.92. The van der Waals surface area contributed by atoms with Crippen LogP contribution in [0.5, 0.6) is 0 Å². The third-order valence-corrected chi connectivity index (χ3v) is 3.60. The lowest BCUT2D eigenvalue weighted by atomic mass is 10.0. The fourth-order valence-corrected chi connectivity index (χ4v) is 2.14. The second-order valence-electron chi connectivity index (χ2n) is 4.78. The lowest BCUT2D eigenvalue weighted by Gasteiger charge is -2.25. The van der Waals surface area contributed by atoms with E-state index in [0.717, 1.165) is 24.7 Å². The summed E-state index contributed by atoms with van der Waals surface area (Å²) in [5.41, 5.74) is 7.22. The molecule has 0 amide bonds. The number of aromatic nitrogens is 2. The lowest BCUT2D eigenvalue weighted by molar-refractivity contribution is 0.482. The Kier molecular flexibility index (Phi) is 6.15. The molecule has 19 heavy (non-hydrogen) atoms. The van der Waals surface area contributed by atoms with Crippen molar-refractivity contribution in [3.63, 3.8) is 0 Å². The molecule has 1 aromatic heterocycles. The van der Waals surface area contributed by atoms with E-state index in [2.05, 4.69) is 35.6 Å². The zero-order chi connectivity index (χ0) is 14.4. The molecule has 0 aromatic carbocycles. The van der Waals surface area contributed by atoms with Crippen molar-refractivity contribution in [3.8, 4) is 0 Å². The number of thiocarbonyl (C=S) groups is 1. The van der Waals surface area contributed by atoms with Crippen molar-refractivity contribution >= 4 is 23.2 Å². The van der Waals surface area contributed by atoms with E-state index in [1.807, 2.05) is 13.0 Å². The molecule has 0 aliphatic heterocycles. The van der Waals surface area contributed by atoms with Crippen LogP contribution < -0.4 is 10.6 Å². The van der Waals surface area contributed by atoms with Gasteiger partial charge in [0.15, 0.2) is 0 Å². The van der Waals surface area contributed by atoms with Gasteiger partial charge in [0.2, 0.25) is 5.95 Å². The Balaban J connectivity index is 3.00. The highest BCUT2D eigenvalue weighted by atomic mass is 32.1. The molecule has 0 saturated carbocycles. The minimum Gasteiger partial charge on any atom is -0.388 e. The first-order valence-corrected chi connectivity index (χ1v) is 7.32. The molecule has 0 aliphatic carbocycles. The molecular formula is C14H24N4S. The van der Waals surface area contributed by atoms with E-state index < -0.39 is 0 Å². The summed E-state index contributed by atoms with van der Waals surface area (Å²) in [6.45, 7) is 10.4. The summed E-state index contributed by atoms with van der Waals surface area (Å²) < 4.78 is 0. The molecule has 106 valence electrons. The maximum atomic E-state index is 5.67. The molecule has 0 fully saturated rings. The molecule has 0 bridgehead atoms. The average molecular weight is 280 g/mol. The summed E-state index contributed by atoms with van der Waals surface area (Å²) in [6.07, 6.45) is 2.34. The van der Waals surface area contributed by atoms with Gasteiger partial charge in [-0.25, -0.2) is 9.97 Å². The summed E-state index contributed by atoms with van der Waals surface area (Å²) in [4.78, 5) is 11.5. The Bertz CT molecular complexity index is 429. The third kappa shape index (κ3) is 4.42. The number of anilines is 1. The van der Waals surface area contributed by atoms with Gasteiger partial charge in [0, 0.05) is 18.8 Å². The van der Waals surface area contributed by atoms with Crippen molar-refractivity contribution in [2.45, 2.75) is 40.5 Å². The quantitative estimate of drug-likeness (QED) is 0.778. The Labute approximate surface area is 121 Å². The number of hydrogen-bond donors (Lipinski definition) is 1. The van der Waals surface area contributed by atoms with E-state index in [9.17, 15) is 0 Å². The molecule has 1 rings (SSSR count). The second-order valence-corrected chi connectivity index (χ2v) is 5.22. The van der Waals surface area contributed by atoms with Crippen molar-refractivity contribution < 1.29 is 0 Å². The number of hydrogen-bond acceptors (Lipinski definition) is 4. The second kappa shape index (κ2) is 7.38. The molecule has 5 heteroatoms. The molecule has 0 atom stereocenters. The standard InChI is InChI=1S/C14H24N4S/c1-5-11(6-2)9-18(7-3)14-16-10(4)8-12(17-14)13(15)19/h8,11H,5-7,9H2,1-4H3,(H2,15,19). The van der Waals surface area contributed by atoms with Crippen molar-refractivity contribution in [2.75, 3.05) is 18.0 Å². The number of nitrogens with zero attached hydrogens (tertiary/aromatic N) is 3. The van der Waals surface area contributed by atoms with E-state index >= 15 is 0 Å².